The minimum Gasteiger partial charge on any atom is -0.453 e. The van der Waals surface area contributed by atoms with Crippen LogP contribution in [0.4, 0.5) is 17.2 Å². The Bertz CT molecular complexity index is 2370. The van der Waals surface area contributed by atoms with Gasteiger partial charge in [0.15, 0.2) is 5.58 Å². The Morgan fingerprint density at radius 1 is 0.596 bits per heavy atom. The lowest BCUT2D eigenvalue weighted by Crippen LogP contribution is -2.11. The Morgan fingerprint density at radius 2 is 1.30 bits per heavy atom. The standard InChI is InChI=1S/C43H35N3O/c1-43(2,3)28-29-20-22-35-31(26-29)21-23-36-37-24-25-44-40(42(37)47-41(35)36)32-14-10-17-34(27-32)46(33-15-8-5-9-16-33)39-19-11-18-38(45-39)30-12-6-4-7-13-30/h4-27H,28H2,1-3H3. The average molecular weight is 610 g/mol. The SMILES string of the molecule is CC(C)(C)Cc1ccc2c(ccc3c4ccnc(-c5cccc(N(c6ccccc6)c6cccc(-c7ccccc7)n6)c5)c4oc23)c1. The zero-order valence-electron chi connectivity index (χ0n) is 26.8. The Labute approximate surface area is 275 Å². The number of furan rings is 1. The van der Waals surface area contributed by atoms with Gasteiger partial charge in [-0.05, 0) is 71.3 Å². The van der Waals surface area contributed by atoms with Crippen LogP contribution >= 0.6 is 0 Å². The van der Waals surface area contributed by atoms with Crippen LogP contribution < -0.4 is 4.90 Å². The highest BCUT2D eigenvalue weighted by molar-refractivity contribution is 6.16. The van der Waals surface area contributed by atoms with Crippen LogP contribution in [0.15, 0.2) is 150 Å². The van der Waals surface area contributed by atoms with Crippen LogP contribution in [-0.4, -0.2) is 9.97 Å². The highest BCUT2D eigenvalue weighted by Gasteiger charge is 2.19. The van der Waals surface area contributed by atoms with Crippen molar-refractivity contribution in [2.24, 2.45) is 5.41 Å². The number of aromatic nitrogens is 2. The van der Waals surface area contributed by atoms with Gasteiger partial charge >= 0.3 is 0 Å². The quantitative estimate of drug-likeness (QED) is 0.188. The van der Waals surface area contributed by atoms with E-state index in [0.29, 0.717) is 0 Å². The van der Waals surface area contributed by atoms with E-state index >= 15 is 0 Å². The zero-order chi connectivity index (χ0) is 32.0. The molecule has 4 nitrogen and oxygen atoms in total. The highest BCUT2D eigenvalue weighted by atomic mass is 16.3. The summed E-state index contributed by atoms with van der Waals surface area (Å²) in [6.07, 6.45) is 2.91. The fraction of sp³-hybridized carbons (Fsp3) is 0.116. The Balaban J connectivity index is 1.25. The molecule has 0 aliphatic rings. The molecule has 3 aromatic heterocycles. The molecule has 0 spiro atoms. The van der Waals surface area contributed by atoms with Crippen molar-refractivity contribution in [1.29, 1.82) is 0 Å². The van der Waals surface area contributed by atoms with Gasteiger partial charge in [-0.2, -0.15) is 0 Å². The molecule has 0 radical (unpaired) electrons. The maximum Gasteiger partial charge on any atom is 0.161 e. The maximum atomic E-state index is 6.74. The first-order valence-electron chi connectivity index (χ1n) is 16.1. The fourth-order valence-corrected chi connectivity index (χ4v) is 6.57. The average Bonchev–Trinajstić information content (AvgIpc) is 3.48. The molecular weight excluding hydrogens is 574 g/mol. The summed E-state index contributed by atoms with van der Waals surface area (Å²) >= 11 is 0. The van der Waals surface area contributed by atoms with Crippen LogP contribution in [0, 0.1) is 5.41 Å². The summed E-state index contributed by atoms with van der Waals surface area (Å²) in [6.45, 7) is 6.84. The van der Waals surface area contributed by atoms with Crippen molar-refractivity contribution in [3.8, 4) is 22.5 Å². The van der Waals surface area contributed by atoms with E-state index in [1.54, 1.807) is 0 Å². The third-order valence-electron chi connectivity index (χ3n) is 8.59. The minimum absolute atomic E-state index is 0.225. The molecule has 5 aromatic carbocycles. The van der Waals surface area contributed by atoms with Gasteiger partial charge in [0.05, 0.1) is 5.69 Å². The van der Waals surface area contributed by atoms with Gasteiger partial charge in [-0.1, -0.05) is 112 Å². The van der Waals surface area contributed by atoms with Crippen molar-refractivity contribution >= 4 is 49.9 Å². The smallest absolute Gasteiger partial charge is 0.161 e. The third kappa shape index (κ3) is 5.53. The fourth-order valence-electron chi connectivity index (χ4n) is 6.57. The molecule has 0 unspecified atom stereocenters. The summed E-state index contributed by atoms with van der Waals surface area (Å²) in [4.78, 5) is 12.2. The summed E-state index contributed by atoms with van der Waals surface area (Å²) < 4.78 is 6.74. The molecule has 0 aliphatic heterocycles. The first-order chi connectivity index (χ1) is 22.9. The van der Waals surface area contributed by atoms with E-state index in [-0.39, 0.29) is 5.41 Å². The predicted octanol–water partition coefficient (Wildman–Crippen LogP) is 11.9. The van der Waals surface area contributed by atoms with Gasteiger partial charge in [-0.3, -0.25) is 9.88 Å². The molecule has 0 saturated heterocycles. The second-order valence-corrected chi connectivity index (χ2v) is 13.3. The van der Waals surface area contributed by atoms with Gasteiger partial charge in [0, 0.05) is 44.9 Å². The summed E-state index contributed by atoms with van der Waals surface area (Å²) in [5, 5.41) is 4.48. The Hall–Kier alpha value is -5.74. The summed E-state index contributed by atoms with van der Waals surface area (Å²) in [5.41, 5.74) is 9.06. The number of rotatable bonds is 6. The third-order valence-corrected chi connectivity index (χ3v) is 8.59. The highest BCUT2D eigenvalue weighted by Crippen LogP contribution is 2.40. The van der Waals surface area contributed by atoms with E-state index in [0.717, 1.165) is 73.5 Å². The predicted molar refractivity (Wildman–Crippen MR) is 196 cm³/mol. The lowest BCUT2D eigenvalue weighted by atomic mass is 9.87. The van der Waals surface area contributed by atoms with Gasteiger partial charge in [0.25, 0.3) is 0 Å². The lowest BCUT2D eigenvalue weighted by Gasteiger charge is -2.25. The molecule has 0 fully saturated rings. The minimum atomic E-state index is 0.225. The van der Waals surface area contributed by atoms with Crippen LogP contribution in [0.1, 0.15) is 26.3 Å². The lowest BCUT2D eigenvalue weighted by molar-refractivity contribution is 0.411. The van der Waals surface area contributed by atoms with Crippen LogP contribution in [-0.2, 0) is 6.42 Å². The monoisotopic (exact) mass is 609 g/mol. The van der Waals surface area contributed by atoms with E-state index in [9.17, 15) is 0 Å². The molecule has 0 atom stereocenters. The largest absolute Gasteiger partial charge is 0.453 e. The normalized spacial score (nSPS) is 11.8. The number of anilines is 3. The van der Waals surface area contributed by atoms with Gasteiger partial charge in [0.2, 0.25) is 0 Å². The molecule has 47 heavy (non-hydrogen) atoms. The van der Waals surface area contributed by atoms with Crippen molar-refractivity contribution in [2.75, 3.05) is 4.90 Å². The second kappa shape index (κ2) is 11.6. The van der Waals surface area contributed by atoms with Crippen molar-refractivity contribution in [2.45, 2.75) is 27.2 Å². The Morgan fingerprint density at radius 3 is 2.11 bits per heavy atom. The molecule has 4 heteroatoms. The number of hydrogen-bond acceptors (Lipinski definition) is 4. The van der Waals surface area contributed by atoms with Crippen molar-refractivity contribution in [1.82, 2.24) is 9.97 Å². The molecular formula is C43H35N3O. The molecule has 8 aromatic rings. The Kier molecular flexibility index (Phi) is 7.06. The summed E-state index contributed by atoms with van der Waals surface area (Å²) in [6, 6.07) is 48.5. The van der Waals surface area contributed by atoms with Gasteiger partial charge in [-0.15, -0.1) is 0 Å². The van der Waals surface area contributed by atoms with E-state index < -0.39 is 0 Å². The molecule has 0 bridgehead atoms. The number of fused-ring (bicyclic) bond motifs is 5. The van der Waals surface area contributed by atoms with Crippen LogP contribution in [0.3, 0.4) is 0 Å². The van der Waals surface area contributed by atoms with E-state index in [1.807, 2.05) is 30.5 Å². The zero-order valence-corrected chi connectivity index (χ0v) is 26.8. The topological polar surface area (TPSA) is 42.2 Å². The molecule has 0 saturated carbocycles. The number of nitrogens with zero attached hydrogens (tertiary/aromatic N) is 3. The van der Waals surface area contributed by atoms with Crippen LogP contribution in [0.25, 0.3) is 55.2 Å². The van der Waals surface area contributed by atoms with E-state index in [4.69, 9.17) is 14.4 Å². The maximum absolute atomic E-state index is 6.74. The first kappa shape index (κ1) is 28.7. The number of pyridine rings is 2. The molecule has 3 heterocycles. The molecule has 228 valence electrons. The van der Waals surface area contributed by atoms with Gasteiger partial charge in [0.1, 0.15) is 17.1 Å². The van der Waals surface area contributed by atoms with E-state index in [1.165, 1.54) is 10.9 Å². The summed E-state index contributed by atoms with van der Waals surface area (Å²) in [7, 11) is 0. The summed E-state index contributed by atoms with van der Waals surface area (Å²) in [5.74, 6) is 0.835. The van der Waals surface area contributed by atoms with Gasteiger partial charge in [-0.25, -0.2) is 4.98 Å². The molecule has 8 rings (SSSR count). The first-order valence-corrected chi connectivity index (χ1v) is 16.1. The number of benzene rings is 5. The second-order valence-electron chi connectivity index (χ2n) is 13.3. The van der Waals surface area contributed by atoms with Gasteiger partial charge < -0.3 is 4.42 Å². The van der Waals surface area contributed by atoms with Crippen molar-refractivity contribution < 1.29 is 4.42 Å². The molecule has 0 aliphatic carbocycles. The van der Waals surface area contributed by atoms with Crippen LogP contribution in [0.2, 0.25) is 0 Å². The van der Waals surface area contributed by atoms with E-state index in [2.05, 4.69) is 141 Å². The number of para-hydroxylation sites is 1. The van der Waals surface area contributed by atoms with Crippen molar-refractivity contribution in [3.63, 3.8) is 0 Å². The molecule has 0 N–H and O–H groups in total. The van der Waals surface area contributed by atoms with Crippen molar-refractivity contribution in [3.05, 3.63) is 151 Å². The molecule has 0 amide bonds. The van der Waals surface area contributed by atoms with Crippen LogP contribution in [0.5, 0.6) is 0 Å². The number of hydrogen-bond donors (Lipinski definition) is 0.